The summed E-state index contributed by atoms with van der Waals surface area (Å²) in [7, 11) is 0. The Morgan fingerprint density at radius 3 is 2.10 bits per heavy atom. The van der Waals surface area contributed by atoms with E-state index in [-0.39, 0.29) is 12.5 Å². The Bertz CT molecular complexity index is 121. The summed E-state index contributed by atoms with van der Waals surface area (Å²) in [5.41, 5.74) is 0. The lowest BCUT2D eigenvalue weighted by atomic mass is 10.2. The average Bonchev–Trinajstić information content (AvgIpc) is 2.11. The van der Waals surface area contributed by atoms with Gasteiger partial charge in [-0.15, -0.1) is 0 Å². The van der Waals surface area contributed by atoms with Gasteiger partial charge in [0.1, 0.15) is 6.04 Å². The normalized spacial score (nSPS) is 34.8. The second-order valence-electron chi connectivity index (χ2n) is 2.74. The standard InChI is InChI=1S/C6H10F3N/c1-4-2-3-5(10-4)6(7,8)9/h4-5,10H,2-3H2,1H3/t4?,5-/m0/s1. The van der Waals surface area contributed by atoms with E-state index in [2.05, 4.69) is 5.32 Å². The van der Waals surface area contributed by atoms with Crippen molar-refractivity contribution in [3.05, 3.63) is 0 Å². The zero-order chi connectivity index (χ0) is 7.78. The first-order chi connectivity index (χ1) is 4.50. The predicted molar refractivity (Wildman–Crippen MR) is 31.7 cm³/mol. The lowest BCUT2D eigenvalue weighted by Crippen LogP contribution is -2.39. The topological polar surface area (TPSA) is 12.0 Å². The highest BCUT2D eigenvalue weighted by Crippen LogP contribution is 2.28. The third kappa shape index (κ3) is 1.62. The van der Waals surface area contributed by atoms with Crippen LogP contribution in [-0.2, 0) is 0 Å². The molecule has 0 aromatic heterocycles. The molecule has 10 heavy (non-hydrogen) atoms. The SMILES string of the molecule is CC1CC[C@@H](C(F)(F)F)N1. The number of halogens is 3. The molecule has 0 spiro atoms. The van der Waals surface area contributed by atoms with Gasteiger partial charge in [0.05, 0.1) is 0 Å². The Balaban J connectivity index is 2.45. The second kappa shape index (κ2) is 2.42. The lowest BCUT2D eigenvalue weighted by Gasteiger charge is -2.14. The fraction of sp³-hybridized carbons (Fsp3) is 1.00. The van der Waals surface area contributed by atoms with Gasteiger partial charge in [-0.3, -0.25) is 0 Å². The van der Waals surface area contributed by atoms with Crippen LogP contribution in [-0.4, -0.2) is 18.3 Å². The van der Waals surface area contributed by atoms with Crippen molar-refractivity contribution in [3.8, 4) is 0 Å². The molecule has 1 saturated heterocycles. The molecule has 1 unspecified atom stereocenters. The number of rotatable bonds is 0. The lowest BCUT2D eigenvalue weighted by molar-refractivity contribution is -0.152. The quantitative estimate of drug-likeness (QED) is 0.558. The summed E-state index contributed by atoms with van der Waals surface area (Å²) >= 11 is 0. The third-order valence-electron chi connectivity index (χ3n) is 1.77. The molecular weight excluding hydrogens is 143 g/mol. The predicted octanol–water partition coefficient (Wildman–Crippen LogP) is 1.69. The Morgan fingerprint density at radius 1 is 1.30 bits per heavy atom. The average molecular weight is 153 g/mol. The van der Waals surface area contributed by atoms with Gasteiger partial charge in [-0.1, -0.05) is 0 Å². The first-order valence-corrected chi connectivity index (χ1v) is 3.33. The fourth-order valence-corrected chi connectivity index (χ4v) is 1.18. The minimum Gasteiger partial charge on any atom is -0.304 e. The van der Waals surface area contributed by atoms with Crippen LogP contribution in [0.4, 0.5) is 13.2 Å². The summed E-state index contributed by atoms with van der Waals surface area (Å²) in [4.78, 5) is 0. The molecule has 1 fully saturated rings. The van der Waals surface area contributed by atoms with E-state index in [1.807, 2.05) is 0 Å². The van der Waals surface area contributed by atoms with Crippen molar-refractivity contribution in [1.29, 1.82) is 0 Å². The maximum Gasteiger partial charge on any atom is 0.403 e. The molecule has 0 aliphatic carbocycles. The molecule has 0 amide bonds. The van der Waals surface area contributed by atoms with Crippen LogP contribution in [0.25, 0.3) is 0 Å². The maximum atomic E-state index is 11.9. The largest absolute Gasteiger partial charge is 0.403 e. The Hall–Kier alpha value is -0.250. The molecule has 0 saturated carbocycles. The smallest absolute Gasteiger partial charge is 0.304 e. The van der Waals surface area contributed by atoms with Crippen LogP contribution >= 0.6 is 0 Å². The van der Waals surface area contributed by atoms with Gasteiger partial charge in [-0.2, -0.15) is 13.2 Å². The first-order valence-electron chi connectivity index (χ1n) is 3.33. The van der Waals surface area contributed by atoms with Gasteiger partial charge < -0.3 is 5.32 Å². The molecule has 1 aliphatic rings. The van der Waals surface area contributed by atoms with Gasteiger partial charge in [0.2, 0.25) is 0 Å². The summed E-state index contributed by atoms with van der Waals surface area (Å²) in [5.74, 6) is 0. The molecule has 2 atom stereocenters. The first kappa shape index (κ1) is 7.85. The fourth-order valence-electron chi connectivity index (χ4n) is 1.18. The summed E-state index contributed by atoms with van der Waals surface area (Å²) in [6.45, 7) is 1.77. The summed E-state index contributed by atoms with van der Waals surface area (Å²) in [6, 6.07) is -1.24. The second-order valence-corrected chi connectivity index (χ2v) is 2.74. The number of nitrogens with one attached hydrogen (secondary N) is 1. The summed E-state index contributed by atoms with van der Waals surface area (Å²) < 4.78 is 35.6. The number of hydrogen-bond donors (Lipinski definition) is 1. The van der Waals surface area contributed by atoms with E-state index in [9.17, 15) is 13.2 Å². The van der Waals surface area contributed by atoms with Crippen LogP contribution in [0.5, 0.6) is 0 Å². The molecule has 1 heterocycles. The van der Waals surface area contributed by atoms with Crippen molar-refractivity contribution < 1.29 is 13.2 Å². The third-order valence-corrected chi connectivity index (χ3v) is 1.77. The molecule has 0 aromatic rings. The zero-order valence-corrected chi connectivity index (χ0v) is 5.70. The molecule has 1 rings (SSSR count). The Morgan fingerprint density at radius 2 is 1.90 bits per heavy atom. The monoisotopic (exact) mass is 153 g/mol. The molecule has 1 N–H and O–H groups in total. The minimum atomic E-state index is -4.05. The van der Waals surface area contributed by atoms with Gasteiger partial charge in [0, 0.05) is 6.04 Å². The molecule has 1 nitrogen and oxygen atoms in total. The summed E-state index contributed by atoms with van der Waals surface area (Å²) in [6.07, 6.45) is -3.19. The van der Waals surface area contributed by atoms with E-state index >= 15 is 0 Å². The van der Waals surface area contributed by atoms with Crippen molar-refractivity contribution in [3.63, 3.8) is 0 Å². The molecule has 60 valence electrons. The van der Waals surface area contributed by atoms with Crippen molar-refractivity contribution in [2.24, 2.45) is 0 Å². The summed E-state index contributed by atoms with van der Waals surface area (Å²) in [5, 5.41) is 2.47. The van der Waals surface area contributed by atoms with Gasteiger partial charge in [-0.05, 0) is 19.8 Å². The van der Waals surface area contributed by atoms with Crippen LogP contribution in [0.2, 0.25) is 0 Å². The highest BCUT2D eigenvalue weighted by atomic mass is 19.4. The molecule has 1 aliphatic heterocycles. The van der Waals surface area contributed by atoms with Crippen LogP contribution < -0.4 is 5.32 Å². The molecular formula is C6H10F3N. The number of hydrogen-bond acceptors (Lipinski definition) is 1. The van der Waals surface area contributed by atoms with Crippen molar-refractivity contribution in [2.75, 3.05) is 0 Å². The highest BCUT2D eigenvalue weighted by Gasteiger charge is 2.42. The Kier molecular flexibility index (Phi) is 1.90. The van der Waals surface area contributed by atoms with Crippen LogP contribution in [0.15, 0.2) is 0 Å². The molecule has 4 heteroatoms. The van der Waals surface area contributed by atoms with E-state index in [4.69, 9.17) is 0 Å². The van der Waals surface area contributed by atoms with Gasteiger partial charge in [-0.25, -0.2) is 0 Å². The Labute approximate surface area is 57.6 Å². The van der Waals surface area contributed by atoms with Crippen molar-refractivity contribution in [1.82, 2.24) is 5.32 Å². The van der Waals surface area contributed by atoms with E-state index in [1.165, 1.54) is 0 Å². The van der Waals surface area contributed by atoms with Crippen LogP contribution in [0.3, 0.4) is 0 Å². The maximum absolute atomic E-state index is 11.9. The van der Waals surface area contributed by atoms with Crippen molar-refractivity contribution >= 4 is 0 Å². The van der Waals surface area contributed by atoms with Crippen LogP contribution in [0, 0.1) is 0 Å². The van der Waals surface area contributed by atoms with E-state index in [1.54, 1.807) is 6.92 Å². The van der Waals surface area contributed by atoms with E-state index in [0.29, 0.717) is 6.42 Å². The molecule has 0 radical (unpaired) electrons. The highest BCUT2D eigenvalue weighted by molar-refractivity contribution is 4.85. The van der Waals surface area contributed by atoms with E-state index in [0.717, 1.165) is 0 Å². The molecule has 0 bridgehead atoms. The van der Waals surface area contributed by atoms with Gasteiger partial charge >= 0.3 is 6.18 Å². The van der Waals surface area contributed by atoms with Gasteiger partial charge in [0.25, 0.3) is 0 Å². The van der Waals surface area contributed by atoms with Gasteiger partial charge in [0.15, 0.2) is 0 Å². The van der Waals surface area contributed by atoms with Crippen LogP contribution in [0.1, 0.15) is 19.8 Å². The van der Waals surface area contributed by atoms with E-state index < -0.39 is 12.2 Å². The minimum absolute atomic E-state index is 0.0200. The zero-order valence-electron chi connectivity index (χ0n) is 5.70. The number of alkyl halides is 3. The van der Waals surface area contributed by atoms with Crippen molar-refractivity contribution in [2.45, 2.75) is 38.0 Å². The molecule has 0 aromatic carbocycles.